The van der Waals surface area contributed by atoms with E-state index in [2.05, 4.69) is 5.32 Å². The molecule has 24 heavy (non-hydrogen) atoms. The predicted molar refractivity (Wildman–Crippen MR) is 93.9 cm³/mol. The Labute approximate surface area is 146 Å². The van der Waals surface area contributed by atoms with Gasteiger partial charge in [-0.25, -0.2) is 4.79 Å². The molecule has 0 heterocycles. The van der Waals surface area contributed by atoms with E-state index in [1.807, 2.05) is 13.8 Å². The Morgan fingerprint density at radius 2 is 1.83 bits per heavy atom. The monoisotopic (exact) mass is 342 g/mol. The number of carbonyl (C=O) groups excluding carboxylic acids is 2. The average molecular weight is 342 g/mol. The van der Waals surface area contributed by atoms with Crippen LogP contribution in [0.4, 0.5) is 4.79 Å². The van der Waals surface area contributed by atoms with Crippen LogP contribution in [-0.4, -0.2) is 55.9 Å². The van der Waals surface area contributed by atoms with Crippen LogP contribution in [0.25, 0.3) is 0 Å². The van der Waals surface area contributed by atoms with Crippen LogP contribution in [0.5, 0.6) is 0 Å². The summed E-state index contributed by atoms with van der Waals surface area (Å²) in [5.74, 6) is -0.623. The van der Waals surface area contributed by atoms with Gasteiger partial charge >= 0.3 is 12.0 Å². The zero-order valence-corrected chi connectivity index (χ0v) is 15.7. The highest BCUT2D eigenvalue weighted by molar-refractivity contribution is 5.76. The fourth-order valence-corrected chi connectivity index (χ4v) is 2.97. The van der Waals surface area contributed by atoms with Crippen molar-refractivity contribution in [3.63, 3.8) is 0 Å². The number of hydrogen-bond acceptors (Lipinski definition) is 4. The lowest BCUT2D eigenvalue weighted by Crippen LogP contribution is -2.48. The van der Waals surface area contributed by atoms with Gasteiger partial charge in [0.15, 0.2) is 0 Å². The molecule has 1 atom stereocenters. The van der Waals surface area contributed by atoms with Gasteiger partial charge in [-0.2, -0.15) is 0 Å². The lowest BCUT2D eigenvalue weighted by atomic mass is 9.96. The molecule has 140 valence electrons. The number of ether oxygens (including phenoxy) is 2. The van der Waals surface area contributed by atoms with E-state index in [-0.39, 0.29) is 30.1 Å². The second-order valence-corrected chi connectivity index (χ2v) is 6.93. The first-order valence-corrected chi connectivity index (χ1v) is 9.19. The van der Waals surface area contributed by atoms with E-state index in [1.165, 1.54) is 26.4 Å². The normalized spacial score (nSPS) is 16.7. The van der Waals surface area contributed by atoms with Crippen LogP contribution in [0.15, 0.2) is 0 Å². The minimum Gasteiger partial charge on any atom is -0.469 e. The zero-order chi connectivity index (χ0) is 17.9. The Morgan fingerprint density at radius 3 is 2.42 bits per heavy atom. The Balaban J connectivity index is 2.53. The van der Waals surface area contributed by atoms with E-state index in [1.54, 1.807) is 11.8 Å². The molecule has 2 amide bonds. The van der Waals surface area contributed by atoms with Crippen molar-refractivity contribution >= 4 is 12.0 Å². The van der Waals surface area contributed by atoms with Gasteiger partial charge < -0.3 is 19.7 Å². The number of hydrogen-bond donors (Lipinski definition) is 1. The molecule has 0 spiro atoms. The fraction of sp³-hybridized carbons (Fsp3) is 0.889. The van der Waals surface area contributed by atoms with Crippen molar-refractivity contribution in [3.05, 3.63) is 0 Å². The highest BCUT2D eigenvalue weighted by Gasteiger charge is 2.24. The molecule has 0 saturated heterocycles. The minimum atomic E-state index is -0.335. The standard InChI is InChI=1S/C18H34N2O4/c1-14(2)24-12-8-11-20(13-15(3)17(21)23-4)18(22)19-16-9-6-5-7-10-16/h14-16H,5-13H2,1-4H3,(H,19,22). The van der Waals surface area contributed by atoms with Gasteiger partial charge in [-0.05, 0) is 33.1 Å². The van der Waals surface area contributed by atoms with Crippen molar-refractivity contribution in [2.45, 2.75) is 71.4 Å². The van der Waals surface area contributed by atoms with Crippen molar-refractivity contribution in [1.82, 2.24) is 10.2 Å². The topological polar surface area (TPSA) is 67.9 Å². The molecule has 1 N–H and O–H groups in total. The summed E-state index contributed by atoms with van der Waals surface area (Å²) in [6.45, 7) is 7.33. The fourth-order valence-electron chi connectivity index (χ4n) is 2.97. The summed E-state index contributed by atoms with van der Waals surface area (Å²) < 4.78 is 10.3. The molecule has 0 aromatic rings. The molecule has 1 fully saturated rings. The molecular weight excluding hydrogens is 308 g/mol. The molecule has 1 rings (SSSR count). The molecule has 1 unspecified atom stereocenters. The molecule has 0 aromatic carbocycles. The molecule has 6 nitrogen and oxygen atoms in total. The highest BCUT2D eigenvalue weighted by Crippen LogP contribution is 2.17. The summed E-state index contributed by atoms with van der Waals surface area (Å²) >= 11 is 0. The van der Waals surface area contributed by atoms with Gasteiger partial charge in [0.2, 0.25) is 0 Å². The Kier molecular flexibility index (Phi) is 9.76. The molecule has 0 aromatic heterocycles. The summed E-state index contributed by atoms with van der Waals surface area (Å²) in [4.78, 5) is 26.0. The lowest BCUT2D eigenvalue weighted by Gasteiger charge is -2.29. The van der Waals surface area contributed by atoms with Gasteiger partial charge in [0.25, 0.3) is 0 Å². The summed E-state index contributed by atoms with van der Waals surface area (Å²) in [5.41, 5.74) is 0. The molecule has 1 aliphatic rings. The van der Waals surface area contributed by atoms with Crippen LogP contribution in [0.3, 0.4) is 0 Å². The van der Waals surface area contributed by atoms with Gasteiger partial charge in [-0.3, -0.25) is 4.79 Å². The maximum absolute atomic E-state index is 12.6. The van der Waals surface area contributed by atoms with Gasteiger partial charge in [-0.1, -0.05) is 26.2 Å². The maximum Gasteiger partial charge on any atom is 0.317 e. The van der Waals surface area contributed by atoms with Crippen LogP contribution in [0.1, 0.15) is 59.3 Å². The maximum atomic E-state index is 12.6. The van der Waals surface area contributed by atoms with E-state index >= 15 is 0 Å². The Bertz CT molecular complexity index is 381. The van der Waals surface area contributed by atoms with E-state index < -0.39 is 0 Å². The number of carbonyl (C=O) groups is 2. The number of amides is 2. The first-order chi connectivity index (χ1) is 11.4. The minimum absolute atomic E-state index is 0.0813. The molecular formula is C18H34N2O4. The highest BCUT2D eigenvalue weighted by atomic mass is 16.5. The van der Waals surface area contributed by atoms with Crippen LogP contribution in [0, 0.1) is 5.92 Å². The SMILES string of the molecule is COC(=O)C(C)CN(CCCOC(C)C)C(=O)NC1CCCCC1. The molecule has 0 radical (unpaired) electrons. The van der Waals surface area contributed by atoms with E-state index in [0.717, 1.165) is 19.3 Å². The number of rotatable bonds is 9. The number of nitrogens with one attached hydrogen (secondary N) is 1. The van der Waals surface area contributed by atoms with Crippen molar-refractivity contribution < 1.29 is 19.1 Å². The molecule has 1 aliphatic carbocycles. The lowest BCUT2D eigenvalue weighted by molar-refractivity contribution is -0.145. The number of esters is 1. The third kappa shape index (κ3) is 7.99. The Morgan fingerprint density at radius 1 is 1.17 bits per heavy atom. The molecule has 0 bridgehead atoms. The average Bonchev–Trinajstić information content (AvgIpc) is 2.57. The van der Waals surface area contributed by atoms with E-state index in [9.17, 15) is 9.59 Å². The third-order valence-corrected chi connectivity index (χ3v) is 4.34. The molecule has 1 saturated carbocycles. The smallest absolute Gasteiger partial charge is 0.317 e. The summed E-state index contributed by atoms with van der Waals surface area (Å²) in [7, 11) is 1.38. The van der Waals surface area contributed by atoms with Crippen LogP contribution >= 0.6 is 0 Å². The zero-order valence-electron chi connectivity index (χ0n) is 15.7. The van der Waals surface area contributed by atoms with Crippen LogP contribution in [-0.2, 0) is 14.3 Å². The van der Waals surface area contributed by atoms with E-state index in [0.29, 0.717) is 19.7 Å². The number of urea groups is 1. The van der Waals surface area contributed by atoms with Crippen molar-refractivity contribution in [2.24, 2.45) is 5.92 Å². The molecule has 6 heteroatoms. The quantitative estimate of drug-likeness (QED) is 0.517. The van der Waals surface area contributed by atoms with Gasteiger partial charge in [-0.15, -0.1) is 0 Å². The van der Waals surface area contributed by atoms with Gasteiger partial charge in [0.05, 0.1) is 19.1 Å². The van der Waals surface area contributed by atoms with Crippen LogP contribution in [0.2, 0.25) is 0 Å². The van der Waals surface area contributed by atoms with Crippen LogP contribution < -0.4 is 5.32 Å². The number of methoxy groups -OCH3 is 1. The second-order valence-electron chi connectivity index (χ2n) is 6.93. The second kappa shape index (κ2) is 11.3. The summed E-state index contributed by atoms with van der Waals surface area (Å²) in [6.07, 6.45) is 6.62. The van der Waals surface area contributed by atoms with E-state index in [4.69, 9.17) is 9.47 Å². The summed E-state index contributed by atoms with van der Waals surface area (Å²) in [6, 6.07) is 0.177. The first kappa shape index (κ1) is 20.7. The largest absolute Gasteiger partial charge is 0.469 e. The van der Waals surface area contributed by atoms with Gasteiger partial charge in [0, 0.05) is 25.7 Å². The third-order valence-electron chi connectivity index (χ3n) is 4.34. The summed E-state index contributed by atoms with van der Waals surface area (Å²) in [5, 5.41) is 3.12. The Hall–Kier alpha value is -1.30. The van der Waals surface area contributed by atoms with Crippen molar-refractivity contribution in [3.8, 4) is 0 Å². The first-order valence-electron chi connectivity index (χ1n) is 9.19. The van der Waals surface area contributed by atoms with Gasteiger partial charge in [0.1, 0.15) is 0 Å². The van der Waals surface area contributed by atoms with Crippen molar-refractivity contribution in [1.29, 1.82) is 0 Å². The molecule has 0 aliphatic heterocycles. The predicted octanol–water partition coefficient (Wildman–Crippen LogP) is 2.95. The number of nitrogens with zero attached hydrogens (tertiary/aromatic N) is 1. The van der Waals surface area contributed by atoms with Crippen molar-refractivity contribution in [2.75, 3.05) is 26.8 Å².